The Kier molecular flexibility index (Phi) is 6.76. The predicted molar refractivity (Wildman–Crippen MR) is 135 cm³/mol. The van der Waals surface area contributed by atoms with Crippen LogP contribution in [0.2, 0.25) is 0 Å². The molecule has 7 nitrogen and oxygen atoms in total. The Balaban J connectivity index is 1.39. The minimum atomic E-state index is -1.15. The van der Waals surface area contributed by atoms with E-state index in [9.17, 15) is 23.9 Å². The van der Waals surface area contributed by atoms with Gasteiger partial charge in [-0.05, 0) is 30.2 Å². The van der Waals surface area contributed by atoms with E-state index >= 15 is 0 Å². The number of hydrogen-bond donors (Lipinski definition) is 2. The van der Waals surface area contributed by atoms with Crippen molar-refractivity contribution in [2.75, 3.05) is 13.1 Å². The van der Waals surface area contributed by atoms with Crippen molar-refractivity contribution in [3.8, 4) is 0 Å². The maximum atomic E-state index is 14.6. The van der Waals surface area contributed by atoms with E-state index in [0.717, 1.165) is 5.56 Å². The van der Waals surface area contributed by atoms with Gasteiger partial charge in [-0.3, -0.25) is 14.9 Å². The number of hydrogen-bond acceptors (Lipinski definition) is 4. The van der Waals surface area contributed by atoms with Crippen LogP contribution in [-0.2, 0) is 17.8 Å². The van der Waals surface area contributed by atoms with Gasteiger partial charge in [-0.15, -0.1) is 0 Å². The Morgan fingerprint density at radius 2 is 1.54 bits per heavy atom. The highest BCUT2D eigenvalue weighted by atomic mass is 19.1. The van der Waals surface area contributed by atoms with Crippen LogP contribution < -0.4 is 5.32 Å². The lowest BCUT2D eigenvalue weighted by atomic mass is 9.94. The van der Waals surface area contributed by atoms with Gasteiger partial charge in [-0.25, -0.2) is 9.18 Å². The number of nitrogens with one attached hydrogen (secondary N) is 1. The summed E-state index contributed by atoms with van der Waals surface area (Å²) < 4.78 is 14.6. The number of carboxylic acid groups (broad SMARTS) is 1. The predicted octanol–water partition coefficient (Wildman–Crippen LogP) is 3.70. The maximum absolute atomic E-state index is 14.6. The van der Waals surface area contributed by atoms with E-state index in [1.165, 1.54) is 18.2 Å². The number of aromatic carboxylic acids is 1. The number of rotatable bonds is 6. The van der Waals surface area contributed by atoms with Crippen molar-refractivity contribution in [2.24, 2.45) is 0 Å². The minimum Gasteiger partial charge on any atom is -0.478 e. The van der Waals surface area contributed by atoms with E-state index in [4.69, 9.17) is 0 Å². The van der Waals surface area contributed by atoms with E-state index < -0.39 is 17.7 Å². The standard InChI is InChI=1S/C29H28FN3O4/c30-24-13-7-4-10-21(24)19-33-27(35)25(18-20-8-2-1-3-9-20)31-29(33)14-16-32(17-15-29)26(34)22-11-5-6-12-23(22)28(36)37/h1-13,25,31H,14-19H2,(H,36,37). The molecule has 3 aromatic carbocycles. The molecule has 2 aliphatic heterocycles. The summed E-state index contributed by atoms with van der Waals surface area (Å²) in [7, 11) is 0. The molecule has 0 aliphatic carbocycles. The third kappa shape index (κ3) is 4.84. The van der Waals surface area contributed by atoms with Gasteiger partial charge in [0.2, 0.25) is 5.91 Å². The normalized spacial score (nSPS) is 18.8. The number of nitrogens with zero attached hydrogens (tertiary/aromatic N) is 2. The molecule has 1 spiro atoms. The molecule has 3 aromatic rings. The molecule has 0 radical (unpaired) electrons. The topological polar surface area (TPSA) is 90.0 Å². The fraction of sp³-hybridized carbons (Fsp3) is 0.276. The third-order valence-electron chi connectivity index (χ3n) is 7.36. The lowest BCUT2D eigenvalue weighted by Gasteiger charge is -2.44. The molecule has 2 N–H and O–H groups in total. The fourth-order valence-corrected chi connectivity index (χ4v) is 5.40. The van der Waals surface area contributed by atoms with Gasteiger partial charge in [0.1, 0.15) is 5.82 Å². The summed E-state index contributed by atoms with van der Waals surface area (Å²) in [5.41, 5.74) is 0.833. The molecule has 1 atom stereocenters. The van der Waals surface area contributed by atoms with Crippen LogP contribution in [0, 0.1) is 5.82 Å². The van der Waals surface area contributed by atoms with Gasteiger partial charge in [0.25, 0.3) is 5.91 Å². The average molecular weight is 502 g/mol. The van der Waals surface area contributed by atoms with E-state index in [1.807, 2.05) is 30.3 Å². The molecule has 2 heterocycles. The number of halogens is 1. The minimum absolute atomic E-state index is 0.0361. The Morgan fingerprint density at radius 1 is 0.919 bits per heavy atom. The summed E-state index contributed by atoms with van der Waals surface area (Å²) in [4.78, 5) is 41.9. The Morgan fingerprint density at radius 3 is 2.22 bits per heavy atom. The number of carboxylic acids is 1. The van der Waals surface area contributed by atoms with Crippen molar-refractivity contribution in [3.63, 3.8) is 0 Å². The summed E-state index contributed by atoms with van der Waals surface area (Å²) in [5.74, 6) is -1.96. The lowest BCUT2D eigenvalue weighted by Crippen LogP contribution is -2.59. The molecule has 0 aromatic heterocycles. The van der Waals surface area contributed by atoms with Gasteiger partial charge in [-0.1, -0.05) is 60.7 Å². The number of carbonyl (C=O) groups is 3. The van der Waals surface area contributed by atoms with Gasteiger partial charge in [-0.2, -0.15) is 0 Å². The molecule has 2 amide bonds. The van der Waals surface area contributed by atoms with Crippen LogP contribution in [-0.4, -0.2) is 57.5 Å². The average Bonchev–Trinajstić information content (AvgIpc) is 3.15. The van der Waals surface area contributed by atoms with Crippen LogP contribution in [0.5, 0.6) is 0 Å². The van der Waals surface area contributed by atoms with E-state index in [-0.39, 0.29) is 35.3 Å². The summed E-state index contributed by atoms with van der Waals surface area (Å²) in [6.07, 6.45) is 1.39. The van der Waals surface area contributed by atoms with Crippen molar-refractivity contribution in [1.82, 2.24) is 15.1 Å². The van der Waals surface area contributed by atoms with Crippen LogP contribution >= 0.6 is 0 Å². The molecule has 2 saturated heterocycles. The third-order valence-corrected chi connectivity index (χ3v) is 7.36. The molecular weight excluding hydrogens is 473 g/mol. The highest BCUT2D eigenvalue weighted by Crippen LogP contribution is 2.35. The molecule has 190 valence electrons. The quantitative estimate of drug-likeness (QED) is 0.538. The largest absolute Gasteiger partial charge is 0.478 e. The number of amides is 2. The van der Waals surface area contributed by atoms with Crippen LogP contribution in [0.4, 0.5) is 4.39 Å². The van der Waals surface area contributed by atoms with Crippen LogP contribution in [0.15, 0.2) is 78.9 Å². The van der Waals surface area contributed by atoms with Gasteiger partial charge in [0.15, 0.2) is 0 Å². The first-order valence-corrected chi connectivity index (χ1v) is 12.4. The van der Waals surface area contributed by atoms with Gasteiger partial charge < -0.3 is 14.9 Å². The first-order valence-electron chi connectivity index (χ1n) is 12.4. The summed E-state index contributed by atoms with van der Waals surface area (Å²) in [5, 5.41) is 13.0. The molecule has 1 unspecified atom stereocenters. The Labute approximate surface area is 214 Å². The summed E-state index contributed by atoms with van der Waals surface area (Å²) in [6, 6.07) is 21.9. The van der Waals surface area contributed by atoms with Crippen LogP contribution in [0.3, 0.4) is 0 Å². The summed E-state index contributed by atoms with van der Waals surface area (Å²) in [6.45, 7) is 0.789. The second-order valence-corrected chi connectivity index (χ2v) is 9.58. The smallest absolute Gasteiger partial charge is 0.336 e. The Hall–Kier alpha value is -4.04. The summed E-state index contributed by atoms with van der Waals surface area (Å²) >= 11 is 0. The first-order chi connectivity index (χ1) is 17.9. The van der Waals surface area contributed by atoms with E-state index in [2.05, 4.69) is 5.32 Å². The zero-order valence-corrected chi connectivity index (χ0v) is 20.3. The molecule has 5 rings (SSSR count). The lowest BCUT2D eigenvalue weighted by molar-refractivity contribution is -0.134. The SMILES string of the molecule is O=C(O)c1ccccc1C(=O)N1CCC2(CC1)NC(Cc1ccccc1)C(=O)N2Cc1ccccc1F. The number of piperidine rings is 1. The number of likely N-dealkylation sites (tertiary alicyclic amines) is 1. The second kappa shape index (κ2) is 10.1. The second-order valence-electron chi connectivity index (χ2n) is 9.58. The molecule has 37 heavy (non-hydrogen) atoms. The fourth-order valence-electron chi connectivity index (χ4n) is 5.40. The van der Waals surface area contributed by atoms with Crippen molar-refractivity contribution in [3.05, 3.63) is 107 Å². The van der Waals surface area contributed by atoms with Gasteiger partial charge >= 0.3 is 5.97 Å². The number of benzene rings is 3. The monoisotopic (exact) mass is 501 g/mol. The zero-order valence-electron chi connectivity index (χ0n) is 20.3. The Bertz CT molecular complexity index is 1320. The highest BCUT2D eigenvalue weighted by Gasteiger charge is 2.51. The molecular formula is C29H28FN3O4. The van der Waals surface area contributed by atoms with Crippen molar-refractivity contribution in [1.29, 1.82) is 0 Å². The maximum Gasteiger partial charge on any atom is 0.336 e. The van der Waals surface area contributed by atoms with Crippen LogP contribution in [0.25, 0.3) is 0 Å². The molecule has 8 heteroatoms. The van der Waals surface area contributed by atoms with E-state index in [1.54, 1.807) is 40.1 Å². The first kappa shape index (κ1) is 24.6. The highest BCUT2D eigenvalue weighted by molar-refractivity contribution is 6.04. The van der Waals surface area contributed by atoms with Crippen LogP contribution in [0.1, 0.15) is 44.7 Å². The molecule has 2 aliphatic rings. The molecule has 2 fully saturated rings. The molecule has 0 saturated carbocycles. The van der Waals surface area contributed by atoms with Crippen molar-refractivity contribution < 1.29 is 23.9 Å². The van der Waals surface area contributed by atoms with Crippen molar-refractivity contribution in [2.45, 2.75) is 37.5 Å². The molecule has 0 bridgehead atoms. The van der Waals surface area contributed by atoms with Gasteiger partial charge in [0, 0.05) is 31.5 Å². The van der Waals surface area contributed by atoms with Gasteiger partial charge in [0.05, 0.1) is 29.4 Å². The number of carbonyl (C=O) groups excluding carboxylic acids is 2. The van der Waals surface area contributed by atoms with E-state index in [0.29, 0.717) is 37.9 Å². The van der Waals surface area contributed by atoms with Crippen molar-refractivity contribution >= 4 is 17.8 Å². The zero-order chi connectivity index (χ0) is 26.0.